The Kier molecular flexibility index (Phi) is 6.69. The molecule has 1 aromatic rings. The number of rotatable bonds is 6. The molecule has 1 amide bonds. The van der Waals surface area contributed by atoms with Crippen molar-refractivity contribution in [2.24, 2.45) is 0 Å². The highest BCUT2D eigenvalue weighted by Crippen LogP contribution is 2.22. The van der Waals surface area contributed by atoms with Crippen LogP contribution >= 0.6 is 0 Å². The lowest BCUT2D eigenvalue weighted by atomic mass is 10.0. The van der Waals surface area contributed by atoms with Gasteiger partial charge >= 0.3 is 0 Å². The maximum Gasteiger partial charge on any atom is 0.232 e. The third-order valence-electron chi connectivity index (χ3n) is 4.18. The Labute approximate surface area is 138 Å². The zero-order chi connectivity index (χ0) is 16.8. The molecule has 128 valence electrons. The molecule has 2 atom stereocenters. The number of hydrogen-bond acceptors (Lipinski definition) is 2. The summed E-state index contributed by atoms with van der Waals surface area (Å²) in [5.74, 6) is -1.58. The van der Waals surface area contributed by atoms with Gasteiger partial charge in [-0.25, -0.2) is 8.78 Å². The predicted octanol–water partition coefficient (Wildman–Crippen LogP) is 3.09. The summed E-state index contributed by atoms with van der Waals surface area (Å²) in [7, 11) is -1.17. The first-order valence-corrected chi connectivity index (χ1v) is 9.45. The van der Waals surface area contributed by atoms with Crippen molar-refractivity contribution in [1.29, 1.82) is 0 Å². The summed E-state index contributed by atoms with van der Waals surface area (Å²) in [6.07, 6.45) is 5.21. The molecular formula is C17H23F2NO2S. The second-order valence-electron chi connectivity index (χ2n) is 6.16. The highest BCUT2D eigenvalue weighted by Gasteiger charge is 2.22. The van der Waals surface area contributed by atoms with Crippen molar-refractivity contribution in [3.05, 3.63) is 35.4 Å². The maximum absolute atomic E-state index is 13.6. The van der Waals surface area contributed by atoms with Crippen LogP contribution in [-0.2, 0) is 22.0 Å². The van der Waals surface area contributed by atoms with E-state index < -0.39 is 28.5 Å². The second-order valence-corrected chi connectivity index (χ2v) is 7.87. The van der Waals surface area contributed by atoms with E-state index in [9.17, 15) is 17.8 Å². The minimum Gasteiger partial charge on any atom is -0.353 e. The molecule has 1 aromatic carbocycles. The molecule has 0 saturated heterocycles. The van der Waals surface area contributed by atoms with Crippen LogP contribution in [0.1, 0.15) is 44.6 Å². The molecule has 3 nitrogen and oxygen atoms in total. The number of amides is 1. The molecule has 1 aliphatic rings. The SMILES string of the molecule is C[C@H](Cc1c(F)cccc1F)NC(=O)C[S@@](=O)C1CCCCC1. The molecule has 6 heteroatoms. The van der Waals surface area contributed by atoms with Crippen LogP contribution in [0.25, 0.3) is 0 Å². The number of nitrogens with one attached hydrogen (secondary N) is 1. The molecule has 0 aromatic heterocycles. The number of hydrogen-bond donors (Lipinski definition) is 1. The average molecular weight is 343 g/mol. The lowest BCUT2D eigenvalue weighted by Gasteiger charge is -2.21. The van der Waals surface area contributed by atoms with Crippen LogP contribution < -0.4 is 5.32 Å². The first kappa shape index (κ1) is 18.0. The normalized spacial score (nSPS) is 18.4. The number of carbonyl (C=O) groups is 1. The van der Waals surface area contributed by atoms with E-state index in [0.717, 1.165) is 25.7 Å². The smallest absolute Gasteiger partial charge is 0.232 e. The van der Waals surface area contributed by atoms with E-state index in [4.69, 9.17) is 0 Å². The Balaban J connectivity index is 1.83. The molecule has 23 heavy (non-hydrogen) atoms. The first-order chi connectivity index (χ1) is 11.0. The van der Waals surface area contributed by atoms with Gasteiger partial charge in [0, 0.05) is 27.7 Å². The standard InChI is InChI=1S/C17H23F2NO2S/c1-12(10-14-15(18)8-5-9-16(14)19)20-17(21)11-23(22)13-6-3-2-4-7-13/h5,8-9,12-13H,2-4,6-7,10-11H2,1H3,(H,20,21)/t12-,23-/m1/s1. The summed E-state index contributed by atoms with van der Waals surface area (Å²) in [6, 6.07) is 3.29. The minimum absolute atomic E-state index is 0.0330. The van der Waals surface area contributed by atoms with Gasteiger partial charge in [-0.1, -0.05) is 25.3 Å². The number of halogens is 2. The van der Waals surface area contributed by atoms with Crippen molar-refractivity contribution in [2.75, 3.05) is 5.75 Å². The molecule has 1 aliphatic carbocycles. The summed E-state index contributed by atoms with van der Waals surface area (Å²) in [5, 5.41) is 2.79. The fraction of sp³-hybridized carbons (Fsp3) is 0.588. The van der Waals surface area contributed by atoms with Crippen LogP contribution in [0, 0.1) is 11.6 Å². The van der Waals surface area contributed by atoms with E-state index in [0.29, 0.717) is 0 Å². The van der Waals surface area contributed by atoms with Gasteiger partial charge in [-0.05, 0) is 38.3 Å². The Morgan fingerprint density at radius 3 is 2.48 bits per heavy atom. The van der Waals surface area contributed by atoms with Gasteiger partial charge in [0.2, 0.25) is 5.91 Å². The van der Waals surface area contributed by atoms with Crippen LogP contribution in [0.3, 0.4) is 0 Å². The fourth-order valence-electron chi connectivity index (χ4n) is 2.98. The molecule has 0 aliphatic heterocycles. The van der Waals surface area contributed by atoms with E-state index in [1.165, 1.54) is 24.6 Å². The van der Waals surface area contributed by atoms with Gasteiger partial charge in [-0.3, -0.25) is 9.00 Å². The lowest BCUT2D eigenvalue weighted by Crippen LogP contribution is -2.38. The molecule has 0 bridgehead atoms. The van der Waals surface area contributed by atoms with Gasteiger partial charge in [-0.15, -0.1) is 0 Å². The second kappa shape index (κ2) is 8.52. The van der Waals surface area contributed by atoms with Crippen LogP contribution in [0.15, 0.2) is 18.2 Å². The first-order valence-electron chi connectivity index (χ1n) is 8.07. The van der Waals surface area contributed by atoms with E-state index >= 15 is 0 Å². The fourth-order valence-corrected chi connectivity index (χ4v) is 4.41. The van der Waals surface area contributed by atoms with Crippen molar-refractivity contribution in [2.45, 2.75) is 56.7 Å². The van der Waals surface area contributed by atoms with Gasteiger partial charge in [0.1, 0.15) is 17.4 Å². The highest BCUT2D eigenvalue weighted by molar-refractivity contribution is 7.86. The van der Waals surface area contributed by atoms with Gasteiger partial charge in [-0.2, -0.15) is 0 Å². The topological polar surface area (TPSA) is 46.2 Å². The molecule has 1 fully saturated rings. The number of benzene rings is 1. The van der Waals surface area contributed by atoms with Crippen LogP contribution in [0.2, 0.25) is 0 Å². The maximum atomic E-state index is 13.6. The lowest BCUT2D eigenvalue weighted by molar-refractivity contribution is -0.119. The Bertz CT molecular complexity index is 553. The van der Waals surface area contributed by atoms with Crippen molar-refractivity contribution >= 4 is 16.7 Å². The van der Waals surface area contributed by atoms with Gasteiger partial charge < -0.3 is 5.32 Å². The monoisotopic (exact) mass is 343 g/mol. The highest BCUT2D eigenvalue weighted by atomic mass is 32.2. The van der Waals surface area contributed by atoms with Gasteiger partial charge in [0.25, 0.3) is 0 Å². The van der Waals surface area contributed by atoms with E-state index in [-0.39, 0.29) is 28.9 Å². The molecule has 0 heterocycles. The third-order valence-corrected chi connectivity index (χ3v) is 5.94. The molecule has 1 saturated carbocycles. The van der Waals surface area contributed by atoms with Crippen molar-refractivity contribution in [3.63, 3.8) is 0 Å². The van der Waals surface area contributed by atoms with Crippen molar-refractivity contribution < 1.29 is 17.8 Å². The van der Waals surface area contributed by atoms with E-state index in [1.54, 1.807) is 6.92 Å². The quantitative estimate of drug-likeness (QED) is 0.863. The molecule has 0 unspecified atom stereocenters. The molecular weight excluding hydrogens is 320 g/mol. The summed E-state index contributed by atoms with van der Waals surface area (Å²) >= 11 is 0. The van der Waals surface area contributed by atoms with Crippen LogP contribution in [0.4, 0.5) is 8.78 Å². The Morgan fingerprint density at radius 2 is 1.87 bits per heavy atom. The van der Waals surface area contributed by atoms with Crippen molar-refractivity contribution in [1.82, 2.24) is 5.32 Å². The zero-order valence-corrected chi connectivity index (χ0v) is 14.1. The molecule has 1 N–H and O–H groups in total. The van der Waals surface area contributed by atoms with E-state index in [2.05, 4.69) is 5.32 Å². The summed E-state index contributed by atoms with van der Waals surface area (Å²) in [6.45, 7) is 1.69. The van der Waals surface area contributed by atoms with Gasteiger partial charge in [0.05, 0.1) is 0 Å². The Hall–Kier alpha value is -1.30. The average Bonchev–Trinajstić information content (AvgIpc) is 2.51. The summed E-state index contributed by atoms with van der Waals surface area (Å²) in [4.78, 5) is 12.0. The molecule has 2 rings (SSSR count). The van der Waals surface area contributed by atoms with Crippen LogP contribution in [0.5, 0.6) is 0 Å². The molecule has 0 spiro atoms. The summed E-state index contributed by atoms with van der Waals surface area (Å²) in [5.41, 5.74) is -0.0336. The zero-order valence-electron chi connectivity index (χ0n) is 13.3. The third kappa shape index (κ3) is 5.37. The largest absolute Gasteiger partial charge is 0.353 e. The van der Waals surface area contributed by atoms with Gasteiger partial charge in [0.15, 0.2) is 0 Å². The number of carbonyl (C=O) groups excluding carboxylic acids is 1. The Morgan fingerprint density at radius 1 is 1.26 bits per heavy atom. The summed E-state index contributed by atoms with van der Waals surface area (Å²) < 4.78 is 39.4. The van der Waals surface area contributed by atoms with Crippen molar-refractivity contribution in [3.8, 4) is 0 Å². The van der Waals surface area contributed by atoms with E-state index in [1.807, 2.05) is 0 Å². The minimum atomic E-state index is -1.17. The van der Waals surface area contributed by atoms with Crippen LogP contribution in [-0.4, -0.2) is 27.2 Å². The molecule has 0 radical (unpaired) electrons. The predicted molar refractivity (Wildman–Crippen MR) is 87.5 cm³/mol.